The summed E-state index contributed by atoms with van der Waals surface area (Å²) in [6, 6.07) is 14.6. The fourth-order valence-electron chi connectivity index (χ4n) is 5.64. The molecule has 0 unspecified atom stereocenters. The van der Waals surface area contributed by atoms with Crippen LogP contribution in [0.2, 0.25) is 0 Å². The number of sulfonamides is 1. The number of benzene rings is 2. The number of fused-ring (bicyclic) bond motifs is 1. The number of anilines is 1. The standard InChI is InChI=1S/C29H27F4N3O5S/c1-2-20-5-4-16-36(20)42(38,39)21-11-8-18(9-12-21)23-6-3-7-25(34-23)35-26(37)27(14-15-27)19-10-13-24-22(17-19)28(30,31)41-29(32,33)40-24/h3,6-13,17,20H,2,4-5,14-16H2,1H3,(H,34,35,37)/t20-/m0/s1. The first-order valence-corrected chi connectivity index (χ1v) is 15.0. The number of pyridine rings is 1. The zero-order valence-electron chi connectivity index (χ0n) is 22.4. The van der Waals surface area contributed by atoms with Gasteiger partial charge in [0.25, 0.3) is 0 Å². The van der Waals surface area contributed by atoms with Gasteiger partial charge in [0.15, 0.2) is 0 Å². The molecule has 0 spiro atoms. The van der Waals surface area contributed by atoms with Crippen molar-refractivity contribution in [2.45, 2.75) is 67.8 Å². The van der Waals surface area contributed by atoms with Gasteiger partial charge in [-0.05, 0) is 74.1 Å². The third-order valence-electron chi connectivity index (χ3n) is 8.05. The molecule has 1 saturated carbocycles. The number of ether oxygens (including phenoxy) is 2. The van der Waals surface area contributed by atoms with Gasteiger partial charge in [0.2, 0.25) is 15.9 Å². The first kappa shape index (κ1) is 28.6. The van der Waals surface area contributed by atoms with Crippen molar-refractivity contribution in [3.63, 3.8) is 0 Å². The number of hydrogen-bond acceptors (Lipinski definition) is 6. The molecule has 8 nitrogen and oxygen atoms in total. The summed E-state index contributed by atoms with van der Waals surface area (Å²) in [5.41, 5.74) is -0.700. The number of alkyl halides is 4. The molecule has 1 amide bonds. The van der Waals surface area contributed by atoms with Crippen LogP contribution in [0.4, 0.5) is 23.4 Å². The molecule has 1 atom stereocenters. The van der Waals surface area contributed by atoms with Crippen molar-refractivity contribution in [2.75, 3.05) is 11.9 Å². The highest BCUT2D eigenvalue weighted by Crippen LogP contribution is 2.53. The Bertz CT molecular complexity index is 1650. The molecule has 1 aromatic heterocycles. The molecule has 6 rings (SSSR count). The molecule has 1 aliphatic carbocycles. The Morgan fingerprint density at radius 2 is 1.81 bits per heavy atom. The molecule has 3 heterocycles. The first-order chi connectivity index (χ1) is 19.8. The maximum Gasteiger partial charge on any atom is 0.540 e. The molecule has 3 aromatic rings. The van der Waals surface area contributed by atoms with Crippen LogP contribution in [0.25, 0.3) is 11.3 Å². The highest BCUT2D eigenvalue weighted by Gasteiger charge is 2.57. The van der Waals surface area contributed by atoms with Gasteiger partial charge in [-0.15, -0.1) is 8.78 Å². The summed E-state index contributed by atoms with van der Waals surface area (Å²) >= 11 is 0. The van der Waals surface area contributed by atoms with E-state index in [1.165, 1.54) is 18.2 Å². The fraction of sp³-hybridized carbons (Fsp3) is 0.379. The SMILES string of the molecule is CC[C@H]1CCCN1S(=O)(=O)c1ccc(-c2cccc(NC(=O)C3(c4ccc5c(c4)C(F)(F)OC(F)(F)O5)CC3)n2)cc1. The van der Waals surface area contributed by atoms with Gasteiger partial charge in [0, 0.05) is 18.2 Å². The third kappa shape index (κ3) is 5.03. The molecule has 0 bridgehead atoms. The van der Waals surface area contributed by atoms with Gasteiger partial charge in [-0.1, -0.05) is 31.2 Å². The average molecular weight is 606 g/mol. The second-order valence-electron chi connectivity index (χ2n) is 10.7. The first-order valence-electron chi connectivity index (χ1n) is 13.6. The lowest BCUT2D eigenvalue weighted by Crippen LogP contribution is -2.41. The predicted molar refractivity (Wildman–Crippen MR) is 143 cm³/mol. The monoisotopic (exact) mass is 605 g/mol. The van der Waals surface area contributed by atoms with E-state index in [-0.39, 0.29) is 22.3 Å². The summed E-state index contributed by atoms with van der Waals surface area (Å²) < 4.78 is 91.0. The molecule has 42 heavy (non-hydrogen) atoms. The summed E-state index contributed by atoms with van der Waals surface area (Å²) in [5, 5.41) is 2.73. The summed E-state index contributed by atoms with van der Waals surface area (Å²) in [7, 11) is -3.62. The van der Waals surface area contributed by atoms with E-state index in [1.807, 2.05) is 6.92 Å². The number of hydrogen-bond donors (Lipinski definition) is 1. The Hall–Kier alpha value is -3.55. The van der Waals surface area contributed by atoms with Gasteiger partial charge >= 0.3 is 12.4 Å². The van der Waals surface area contributed by atoms with Crippen molar-refractivity contribution in [3.05, 3.63) is 71.8 Å². The van der Waals surface area contributed by atoms with E-state index in [2.05, 4.69) is 19.8 Å². The molecular weight excluding hydrogens is 578 g/mol. The normalized spacial score (nSPS) is 22.2. The van der Waals surface area contributed by atoms with Crippen molar-refractivity contribution in [1.82, 2.24) is 9.29 Å². The summed E-state index contributed by atoms with van der Waals surface area (Å²) in [6.07, 6.45) is -5.65. The predicted octanol–water partition coefficient (Wildman–Crippen LogP) is 5.99. The average Bonchev–Trinajstić information content (AvgIpc) is 3.61. The van der Waals surface area contributed by atoms with Gasteiger partial charge in [0.1, 0.15) is 11.6 Å². The van der Waals surface area contributed by atoms with Crippen LogP contribution in [-0.2, 0) is 31.1 Å². The summed E-state index contributed by atoms with van der Waals surface area (Å²) in [5.74, 6) is -1.01. The topological polar surface area (TPSA) is 97.8 Å². The van der Waals surface area contributed by atoms with Gasteiger partial charge in [-0.2, -0.15) is 13.1 Å². The Labute approximate surface area is 239 Å². The quantitative estimate of drug-likeness (QED) is 0.333. The van der Waals surface area contributed by atoms with Crippen LogP contribution in [0.1, 0.15) is 50.2 Å². The minimum absolute atomic E-state index is 0.00407. The molecule has 1 N–H and O–H groups in total. The van der Waals surface area contributed by atoms with Crippen LogP contribution in [0.5, 0.6) is 5.75 Å². The molecule has 2 aliphatic heterocycles. The van der Waals surface area contributed by atoms with Crippen LogP contribution in [0, 0.1) is 0 Å². The second kappa shape index (κ2) is 10.0. The molecule has 13 heteroatoms. The van der Waals surface area contributed by atoms with E-state index in [9.17, 15) is 30.8 Å². The number of nitrogens with zero attached hydrogens (tertiary/aromatic N) is 2. The van der Waals surface area contributed by atoms with E-state index in [1.54, 1.807) is 34.6 Å². The minimum atomic E-state index is -4.48. The lowest BCUT2D eigenvalue weighted by Gasteiger charge is -2.31. The van der Waals surface area contributed by atoms with Gasteiger partial charge in [-0.3, -0.25) is 4.79 Å². The van der Waals surface area contributed by atoms with E-state index in [0.717, 1.165) is 31.4 Å². The summed E-state index contributed by atoms with van der Waals surface area (Å²) in [4.78, 5) is 18.0. The zero-order chi connectivity index (χ0) is 29.9. The maximum atomic E-state index is 14.3. The van der Waals surface area contributed by atoms with E-state index in [0.29, 0.717) is 30.6 Å². The molecule has 2 aromatic carbocycles. The Morgan fingerprint density at radius 3 is 2.50 bits per heavy atom. The van der Waals surface area contributed by atoms with Crippen LogP contribution < -0.4 is 10.1 Å². The Morgan fingerprint density at radius 1 is 1.07 bits per heavy atom. The minimum Gasteiger partial charge on any atom is -0.409 e. The Kier molecular flexibility index (Phi) is 6.82. The fourth-order valence-corrected chi connectivity index (χ4v) is 7.40. The molecular formula is C29H27F4N3O5S. The second-order valence-corrected chi connectivity index (χ2v) is 12.6. The van der Waals surface area contributed by atoms with Crippen molar-refractivity contribution in [2.24, 2.45) is 0 Å². The smallest absolute Gasteiger partial charge is 0.409 e. The number of aromatic nitrogens is 1. The van der Waals surface area contributed by atoms with Crippen LogP contribution in [0.15, 0.2) is 65.6 Å². The van der Waals surface area contributed by atoms with Crippen LogP contribution >= 0.6 is 0 Å². The lowest BCUT2D eigenvalue weighted by atomic mass is 9.92. The zero-order valence-corrected chi connectivity index (χ0v) is 23.3. The van der Waals surface area contributed by atoms with Gasteiger partial charge in [-0.25, -0.2) is 18.1 Å². The number of carbonyl (C=O) groups is 1. The summed E-state index contributed by atoms with van der Waals surface area (Å²) in [6.45, 7) is 2.47. The highest BCUT2D eigenvalue weighted by molar-refractivity contribution is 7.89. The van der Waals surface area contributed by atoms with Crippen molar-refractivity contribution in [1.29, 1.82) is 0 Å². The largest absolute Gasteiger partial charge is 0.540 e. The number of nitrogens with one attached hydrogen (secondary N) is 1. The molecule has 2 fully saturated rings. The van der Waals surface area contributed by atoms with Crippen LogP contribution in [0.3, 0.4) is 0 Å². The van der Waals surface area contributed by atoms with Crippen molar-refractivity contribution < 1.29 is 40.2 Å². The molecule has 1 saturated heterocycles. The van der Waals surface area contributed by atoms with Gasteiger partial charge < -0.3 is 10.1 Å². The number of carbonyl (C=O) groups excluding carboxylic acids is 1. The number of amides is 1. The van der Waals surface area contributed by atoms with Crippen molar-refractivity contribution >= 4 is 21.7 Å². The van der Waals surface area contributed by atoms with E-state index >= 15 is 0 Å². The third-order valence-corrected chi connectivity index (χ3v) is 10.0. The van der Waals surface area contributed by atoms with Gasteiger partial charge in [0.05, 0.1) is 21.6 Å². The molecule has 0 radical (unpaired) electrons. The number of rotatable bonds is 7. The Balaban J connectivity index is 1.20. The highest BCUT2D eigenvalue weighted by atomic mass is 32.2. The van der Waals surface area contributed by atoms with E-state index < -0.39 is 45.1 Å². The lowest BCUT2D eigenvalue weighted by molar-refractivity contribution is -0.461. The molecule has 222 valence electrons. The van der Waals surface area contributed by atoms with E-state index in [4.69, 9.17) is 0 Å². The van der Waals surface area contributed by atoms with Crippen LogP contribution in [-0.4, -0.2) is 42.5 Å². The number of halogens is 4. The maximum absolute atomic E-state index is 14.3. The van der Waals surface area contributed by atoms with Crippen molar-refractivity contribution in [3.8, 4) is 17.0 Å². The molecule has 3 aliphatic rings.